The van der Waals surface area contributed by atoms with Gasteiger partial charge >= 0.3 is 0 Å². The van der Waals surface area contributed by atoms with Crippen LogP contribution in [0, 0.1) is 0 Å². The van der Waals surface area contributed by atoms with Gasteiger partial charge in [-0.25, -0.2) is 8.42 Å². The van der Waals surface area contributed by atoms with Crippen molar-refractivity contribution in [2.45, 2.75) is 28.5 Å². The van der Waals surface area contributed by atoms with Crippen LogP contribution in [0.25, 0.3) is 0 Å². The number of sulfonamides is 1. The van der Waals surface area contributed by atoms with Gasteiger partial charge in [0.1, 0.15) is 0 Å². The summed E-state index contributed by atoms with van der Waals surface area (Å²) >= 11 is 1.70. The summed E-state index contributed by atoms with van der Waals surface area (Å²) in [5.74, 6) is 1.55. The lowest BCUT2D eigenvalue weighted by Crippen LogP contribution is -2.49. The number of benzene rings is 3. The molecule has 0 aromatic heterocycles. The van der Waals surface area contributed by atoms with Gasteiger partial charge in [0.05, 0.1) is 16.6 Å². The van der Waals surface area contributed by atoms with Crippen LogP contribution in [0.2, 0.25) is 0 Å². The number of ether oxygens (including phenoxy) is 2. The Kier molecular flexibility index (Phi) is 5.88. The molecule has 0 bridgehead atoms. The van der Waals surface area contributed by atoms with Gasteiger partial charge in [0.15, 0.2) is 11.5 Å². The Labute approximate surface area is 210 Å². The number of rotatable bonds is 5. The first kappa shape index (κ1) is 22.7. The molecule has 1 unspecified atom stereocenters. The molecule has 1 atom stereocenters. The number of hydrogen-bond acceptors (Lipinski definition) is 7. The van der Waals surface area contributed by atoms with Crippen molar-refractivity contribution in [2.75, 3.05) is 38.3 Å². The summed E-state index contributed by atoms with van der Waals surface area (Å²) in [6, 6.07) is 20.1. The maximum Gasteiger partial charge on any atom is 0.231 e. The molecule has 0 amide bonds. The molecule has 6 rings (SSSR count). The Morgan fingerprint density at radius 1 is 0.914 bits per heavy atom. The fourth-order valence-electron chi connectivity index (χ4n) is 4.74. The minimum atomic E-state index is -3.47. The van der Waals surface area contributed by atoms with Gasteiger partial charge in [-0.15, -0.1) is 0 Å². The van der Waals surface area contributed by atoms with Crippen LogP contribution in [0.15, 0.2) is 70.5 Å². The van der Waals surface area contributed by atoms with Gasteiger partial charge in [-0.1, -0.05) is 36.0 Å². The van der Waals surface area contributed by atoms with E-state index in [0.29, 0.717) is 26.2 Å². The van der Waals surface area contributed by atoms with E-state index in [4.69, 9.17) is 9.47 Å². The summed E-state index contributed by atoms with van der Waals surface area (Å²) in [4.78, 5) is 4.56. The molecule has 0 aliphatic carbocycles. The third-order valence-electron chi connectivity index (χ3n) is 6.83. The van der Waals surface area contributed by atoms with Crippen molar-refractivity contribution >= 4 is 33.2 Å². The number of para-hydroxylation sites is 1. The smallest absolute Gasteiger partial charge is 0.231 e. The molecule has 3 aromatic rings. The van der Waals surface area contributed by atoms with Gasteiger partial charge in [0.25, 0.3) is 0 Å². The molecule has 3 aromatic carbocycles. The molecule has 3 heterocycles. The lowest BCUT2D eigenvalue weighted by molar-refractivity contribution is 0.173. The van der Waals surface area contributed by atoms with Crippen LogP contribution in [0.5, 0.6) is 11.5 Å². The Bertz CT molecular complexity index is 1370. The lowest BCUT2D eigenvalue weighted by Gasteiger charge is -2.35. The maximum atomic E-state index is 13.5. The van der Waals surface area contributed by atoms with E-state index < -0.39 is 15.3 Å². The van der Waals surface area contributed by atoms with E-state index in [1.807, 2.05) is 54.6 Å². The number of piperazine rings is 1. The van der Waals surface area contributed by atoms with E-state index in [0.717, 1.165) is 45.4 Å². The maximum absolute atomic E-state index is 13.5. The summed E-state index contributed by atoms with van der Waals surface area (Å²) in [5, 5.41) is 2.84. The highest BCUT2D eigenvalue weighted by Gasteiger charge is 2.33. The molecular weight excluding hydrogens is 482 g/mol. The molecular formula is C26H27N3O4S2. The number of nitrogens with one attached hydrogen (secondary N) is 1. The van der Waals surface area contributed by atoms with Crippen molar-refractivity contribution in [3.8, 4) is 11.5 Å². The zero-order chi connectivity index (χ0) is 24.0. The minimum absolute atomic E-state index is 0.264. The zero-order valence-electron chi connectivity index (χ0n) is 19.4. The van der Waals surface area contributed by atoms with Crippen LogP contribution in [0.1, 0.15) is 23.3 Å². The monoisotopic (exact) mass is 509 g/mol. The second-order valence-electron chi connectivity index (χ2n) is 9.03. The number of anilines is 2. The van der Waals surface area contributed by atoms with Gasteiger partial charge < -0.3 is 14.8 Å². The second-order valence-corrected chi connectivity index (χ2v) is 12.4. The molecule has 182 valence electrons. The third-order valence-corrected chi connectivity index (χ3v) is 10.2. The quantitative estimate of drug-likeness (QED) is 0.413. The number of nitrogens with zero attached hydrogens (tertiary/aromatic N) is 2. The van der Waals surface area contributed by atoms with Crippen LogP contribution in [-0.2, 0) is 16.6 Å². The van der Waals surface area contributed by atoms with Crippen molar-refractivity contribution < 1.29 is 17.9 Å². The molecule has 0 saturated carbocycles. The predicted octanol–water partition coefficient (Wildman–Crippen LogP) is 4.83. The van der Waals surface area contributed by atoms with Crippen molar-refractivity contribution in [1.82, 2.24) is 9.21 Å². The predicted molar refractivity (Wildman–Crippen MR) is 137 cm³/mol. The summed E-state index contributed by atoms with van der Waals surface area (Å²) in [5.41, 5.74) is 3.96. The highest BCUT2D eigenvalue weighted by atomic mass is 32.2. The molecule has 3 aliphatic heterocycles. The van der Waals surface area contributed by atoms with Crippen molar-refractivity contribution in [3.63, 3.8) is 0 Å². The standard InChI is InChI=1S/C26H27N3O4S2/c1-18(20-7-9-26-22(15-20)27-21-4-2-3-5-25(21)34-26)35(30,31)29-12-10-28(11-13-29)16-19-6-8-23-24(14-19)33-17-32-23/h2-9,14-15,18,27H,10-13,16-17H2,1H3. The molecule has 7 nitrogen and oxygen atoms in total. The van der Waals surface area contributed by atoms with Crippen molar-refractivity contribution in [3.05, 3.63) is 71.8 Å². The fourth-order valence-corrected chi connectivity index (χ4v) is 7.32. The molecule has 1 saturated heterocycles. The van der Waals surface area contributed by atoms with Crippen LogP contribution in [0.3, 0.4) is 0 Å². The first-order chi connectivity index (χ1) is 17.0. The summed E-state index contributed by atoms with van der Waals surface area (Å²) in [7, 11) is -3.47. The number of hydrogen-bond donors (Lipinski definition) is 1. The van der Waals surface area contributed by atoms with Gasteiger partial charge in [-0.3, -0.25) is 4.90 Å². The fraction of sp³-hybridized carbons (Fsp3) is 0.308. The van der Waals surface area contributed by atoms with Crippen LogP contribution >= 0.6 is 11.8 Å². The van der Waals surface area contributed by atoms with Gasteiger partial charge in [0, 0.05) is 42.5 Å². The van der Waals surface area contributed by atoms with E-state index in [-0.39, 0.29) is 6.79 Å². The van der Waals surface area contributed by atoms with E-state index in [1.165, 1.54) is 4.90 Å². The van der Waals surface area contributed by atoms with Crippen molar-refractivity contribution in [1.29, 1.82) is 0 Å². The molecule has 1 N–H and O–H groups in total. The SMILES string of the molecule is CC(c1ccc2c(c1)Nc1ccccc1S2)S(=O)(=O)N1CCN(Cc2ccc3c(c2)OCO3)CC1. The summed E-state index contributed by atoms with van der Waals surface area (Å²) in [6.07, 6.45) is 0. The van der Waals surface area contributed by atoms with Gasteiger partial charge in [-0.2, -0.15) is 4.31 Å². The van der Waals surface area contributed by atoms with Crippen LogP contribution < -0.4 is 14.8 Å². The van der Waals surface area contributed by atoms with E-state index in [2.05, 4.69) is 16.3 Å². The first-order valence-corrected chi connectivity index (χ1v) is 14.1. The Morgan fingerprint density at radius 3 is 2.54 bits per heavy atom. The third kappa shape index (κ3) is 4.38. The second kappa shape index (κ2) is 9.05. The number of fused-ring (bicyclic) bond motifs is 3. The minimum Gasteiger partial charge on any atom is -0.454 e. The molecule has 1 fully saturated rings. The zero-order valence-corrected chi connectivity index (χ0v) is 21.1. The van der Waals surface area contributed by atoms with Crippen LogP contribution in [0.4, 0.5) is 11.4 Å². The average Bonchev–Trinajstić information content (AvgIpc) is 3.35. The molecule has 0 radical (unpaired) electrons. The largest absolute Gasteiger partial charge is 0.454 e. The molecule has 35 heavy (non-hydrogen) atoms. The normalized spacial score (nSPS) is 18.4. The average molecular weight is 510 g/mol. The molecule has 3 aliphatic rings. The first-order valence-electron chi connectivity index (χ1n) is 11.7. The summed E-state index contributed by atoms with van der Waals surface area (Å²) in [6.45, 7) is 5.18. The topological polar surface area (TPSA) is 71.1 Å². The van der Waals surface area contributed by atoms with Crippen LogP contribution in [-0.4, -0.2) is 50.6 Å². The highest BCUT2D eigenvalue weighted by Crippen LogP contribution is 2.45. The highest BCUT2D eigenvalue weighted by molar-refractivity contribution is 7.99. The van der Waals surface area contributed by atoms with Gasteiger partial charge in [0.2, 0.25) is 16.8 Å². The Balaban J connectivity index is 1.11. The molecule has 0 spiro atoms. The Hall–Kier alpha value is -2.72. The van der Waals surface area contributed by atoms with E-state index in [9.17, 15) is 8.42 Å². The Morgan fingerprint density at radius 2 is 1.69 bits per heavy atom. The van der Waals surface area contributed by atoms with Gasteiger partial charge in [-0.05, 0) is 54.4 Å². The van der Waals surface area contributed by atoms with Crippen molar-refractivity contribution in [2.24, 2.45) is 0 Å². The lowest BCUT2D eigenvalue weighted by atomic mass is 10.1. The van der Waals surface area contributed by atoms with E-state index >= 15 is 0 Å². The molecule has 9 heteroatoms. The summed E-state index contributed by atoms with van der Waals surface area (Å²) < 4.78 is 39.5. The van der Waals surface area contributed by atoms with E-state index in [1.54, 1.807) is 23.0 Å².